The number of amides is 1. The van der Waals surface area contributed by atoms with Gasteiger partial charge in [0.05, 0.1) is 20.2 Å². The van der Waals surface area contributed by atoms with E-state index in [1.165, 1.54) is 18.4 Å². The molecule has 1 aromatic rings. The second-order valence-electron chi connectivity index (χ2n) is 5.47. The Hall–Kier alpha value is -1.08. The fraction of sp³-hybridized carbons (Fsp3) is 0.538. The van der Waals surface area contributed by atoms with Gasteiger partial charge in [0, 0.05) is 14.9 Å². The van der Waals surface area contributed by atoms with E-state index >= 15 is 0 Å². The van der Waals surface area contributed by atoms with E-state index in [1.54, 1.807) is 4.90 Å². The fourth-order valence-corrected chi connectivity index (χ4v) is 3.91. The Morgan fingerprint density at radius 2 is 1.95 bits per heavy atom. The lowest BCUT2D eigenvalue weighted by Gasteiger charge is -2.24. The minimum atomic E-state index is -0.512. The summed E-state index contributed by atoms with van der Waals surface area (Å²) >= 11 is 4.76. The summed E-state index contributed by atoms with van der Waals surface area (Å²) in [6, 6.07) is 0. The molecule has 0 atom stereocenters. The van der Waals surface area contributed by atoms with Crippen LogP contribution >= 0.6 is 27.3 Å². The van der Waals surface area contributed by atoms with Gasteiger partial charge in [0.1, 0.15) is 10.5 Å². The Bertz CT molecular complexity index is 561. The number of rotatable bonds is 1. The lowest BCUT2D eigenvalue weighted by atomic mass is 10.2. The van der Waals surface area contributed by atoms with E-state index in [9.17, 15) is 9.59 Å². The van der Waals surface area contributed by atoms with Crippen LogP contribution in [0.5, 0.6) is 0 Å². The van der Waals surface area contributed by atoms with Crippen LogP contribution in [-0.2, 0) is 22.6 Å². The van der Waals surface area contributed by atoms with Crippen molar-refractivity contribution in [2.45, 2.75) is 39.5 Å². The van der Waals surface area contributed by atoms with Gasteiger partial charge in [-0.05, 0) is 36.7 Å². The molecule has 0 unspecified atom stereocenters. The van der Waals surface area contributed by atoms with E-state index in [4.69, 9.17) is 9.47 Å². The van der Waals surface area contributed by atoms with Gasteiger partial charge in [-0.2, -0.15) is 0 Å². The van der Waals surface area contributed by atoms with E-state index in [0.29, 0.717) is 18.0 Å². The number of nitrogens with zero attached hydrogens (tertiary/aromatic N) is 1. The monoisotopic (exact) mass is 361 g/mol. The summed E-state index contributed by atoms with van der Waals surface area (Å²) in [6.07, 6.45) is -0.340. The average molecular weight is 362 g/mol. The van der Waals surface area contributed by atoms with Crippen molar-refractivity contribution in [1.29, 1.82) is 0 Å². The topological polar surface area (TPSA) is 55.8 Å². The molecular weight excluding hydrogens is 346 g/mol. The summed E-state index contributed by atoms with van der Waals surface area (Å²) in [4.78, 5) is 26.8. The first kappa shape index (κ1) is 15.3. The number of halogens is 1. The lowest BCUT2D eigenvalue weighted by molar-refractivity contribution is 0.0242. The third kappa shape index (κ3) is 2.98. The van der Waals surface area contributed by atoms with Crippen molar-refractivity contribution in [2.75, 3.05) is 7.11 Å². The minimum absolute atomic E-state index is 0.340. The number of thiophene rings is 1. The molecule has 2 rings (SSSR count). The number of carbonyl (C=O) groups excluding carboxylic acids is 2. The third-order valence-corrected chi connectivity index (χ3v) is 5.07. The van der Waals surface area contributed by atoms with Crippen LogP contribution in [0.2, 0.25) is 0 Å². The summed E-state index contributed by atoms with van der Waals surface area (Å²) in [5, 5.41) is 0. The molecule has 0 fully saturated rings. The number of ether oxygens (including phenoxy) is 2. The highest BCUT2D eigenvalue weighted by molar-refractivity contribution is 9.10. The quantitative estimate of drug-likeness (QED) is 0.717. The highest BCUT2D eigenvalue weighted by Crippen LogP contribution is 2.39. The maximum atomic E-state index is 12.0. The van der Waals surface area contributed by atoms with Crippen LogP contribution in [-0.4, -0.2) is 29.7 Å². The van der Waals surface area contributed by atoms with Crippen LogP contribution in [0.1, 0.15) is 40.9 Å². The number of hydrogen-bond donors (Lipinski definition) is 0. The highest BCUT2D eigenvalue weighted by atomic mass is 79.9. The second-order valence-corrected chi connectivity index (χ2v) is 7.37. The van der Waals surface area contributed by atoms with Crippen molar-refractivity contribution in [1.82, 2.24) is 4.90 Å². The lowest BCUT2D eigenvalue weighted by Crippen LogP contribution is -2.33. The standard InChI is InChI=1S/C13H16BrNO4S/c1-13(2,3)19-12(17)15-5-7-8(6-15)20-10(9(7)14)11(16)18-4/h5-6H2,1-4H3. The first-order chi connectivity index (χ1) is 9.23. The second kappa shape index (κ2) is 5.37. The summed E-state index contributed by atoms with van der Waals surface area (Å²) in [5.41, 5.74) is 0.447. The minimum Gasteiger partial charge on any atom is -0.465 e. The van der Waals surface area contributed by atoms with Crippen molar-refractivity contribution >= 4 is 39.3 Å². The molecule has 0 aliphatic carbocycles. The van der Waals surface area contributed by atoms with Crippen LogP contribution < -0.4 is 0 Å². The molecule has 0 aromatic carbocycles. The zero-order valence-corrected chi connectivity index (χ0v) is 14.2. The van der Waals surface area contributed by atoms with Crippen LogP contribution in [0.15, 0.2) is 4.47 Å². The van der Waals surface area contributed by atoms with E-state index in [0.717, 1.165) is 14.9 Å². The molecule has 0 N–H and O–H groups in total. The zero-order chi connectivity index (χ0) is 15.1. The predicted octanol–water partition coefficient (Wildman–Crippen LogP) is 3.55. The Morgan fingerprint density at radius 1 is 1.30 bits per heavy atom. The number of esters is 1. The molecule has 0 saturated carbocycles. The number of hydrogen-bond acceptors (Lipinski definition) is 5. The van der Waals surface area contributed by atoms with Crippen molar-refractivity contribution in [3.05, 3.63) is 19.8 Å². The Labute approximate surface area is 130 Å². The van der Waals surface area contributed by atoms with E-state index in [-0.39, 0.29) is 12.1 Å². The fourth-order valence-electron chi connectivity index (χ4n) is 1.87. The molecule has 0 saturated heterocycles. The Morgan fingerprint density at radius 3 is 2.45 bits per heavy atom. The van der Waals surface area contributed by atoms with Crippen molar-refractivity contribution in [3.63, 3.8) is 0 Å². The maximum absolute atomic E-state index is 12.0. The van der Waals surface area contributed by atoms with Gasteiger partial charge in [-0.25, -0.2) is 9.59 Å². The molecule has 0 radical (unpaired) electrons. The predicted molar refractivity (Wildman–Crippen MR) is 78.8 cm³/mol. The van der Waals surface area contributed by atoms with E-state index in [1.807, 2.05) is 20.8 Å². The molecule has 1 aromatic heterocycles. The molecule has 7 heteroatoms. The van der Waals surface area contributed by atoms with E-state index < -0.39 is 5.60 Å². The van der Waals surface area contributed by atoms with Crippen LogP contribution in [0.25, 0.3) is 0 Å². The molecule has 110 valence electrons. The van der Waals surface area contributed by atoms with Crippen molar-refractivity contribution in [2.24, 2.45) is 0 Å². The Balaban J connectivity index is 2.13. The maximum Gasteiger partial charge on any atom is 0.410 e. The van der Waals surface area contributed by atoms with Gasteiger partial charge in [-0.1, -0.05) is 0 Å². The van der Waals surface area contributed by atoms with Gasteiger partial charge in [-0.15, -0.1) is 11.3 Å². The Kier molecular flexibility index (Phi) is 4.11. The van der Waals surface area contributed by atoms with Gasteiger partial charge in [-0.3, -0.25) is 4.90 Å². The number of fused-ring (bicyclic) bond motifs is 1. The molecule has 2 heterocycles. The molecule has 0 bridgehead atoms. The van der Waals surface area contributed by atoms with Crippen LogP contribution in [0, 0.1) is 0 Å². The molecule has 0 spiro atoms. The molecule has 5 nitrogen and oxygen atoms in total. The molecular formula is C13H16BrNO4S. The van der Waals surface area contributed by atoms with Gasteiger partial charge >= 0.3 is 12.1 Å². The summed E-state index contributed by atoms with van der Waals surface area (Å²) in [5.74, 6) is -0.361. The highest BCUT2D eigenvalue weighted by Gasteiger charge is 2.33. The molecule has 1 aliphatic heterocycles. The summed E-state index contributed by atoms with van der Waals surface area (Å²) < 4.78 is 10.8. The average Bonchev–Trinajstić information content (AvgIpc) is 2.86. The van der Waals surface area contributed by atoms with Crippen molar-refractivity contribution < 1.29 is 19.1 Å². The number of methoxy groups -OCH3 is 1. The van der Waals surface area contributed by atoms with Crippen LogP contribution in [0.4, 0.5) is 4.79 Å². The van der Waals surface area contributed by atoms with Crippen LogP contribution in [0.3, 0.4) is 0 Å². The zero-order valence-electron chi connectivity index (χ0n) is 11.8. The van der Waals surface area contributed by atoms with E-state index in [2.05, 4.69) is 15.9 Å². The SMILES string of the molecule is COC(=O)c1sc2c(c1Br)CN(C(=O)OC(C)(C)C)C2. The normalized spacial score (nSPS) is 14.2. The first-order valence-corrected chi connectivity index (χ1v) is 7.70. The molecule has 20 heavy (non-hydrogen) atoms. The van der Waals surface area contributed by atoms with Gasteiger partial charge < -0.3 is 9.47 Å². The molecule has 1 aliphatic rings. The largest absolute Gasteiger partial charge is 0.465 e. The van der Waals surface area contributed by atoms with Gasteiger partial charge in [0.25, 0.3) is 0 Å². The van der Waals surface area contributed by atoms with Gasteiger partial charge in [0.15, 0.2) is 0 Å². The number of carbonyl (C=O) groups is 2. The third-order valence-electron chi connectivity index (χ3n) is 2.73. The first-order valence-electron chi connectivity index (χ1n) is 6.09. The summed E-state index contributed by atoms with van der Waals surface area (Å²) in [7, 11) is 1.35. The summed E-state index contributed by atoms with van der Waals surface area (Å²) in [6.45, 7) is 6.41. The molecule has 1 amide bonds. The smallest absolute Gasteiger partial charge is 0.410 e. The van der Waals surface area contributed by atoms with Gasteiger partial charge in [0.2, 0.25) is 0 Å². The van der Waals surface area contributed by atoms with Crippen molar-refractivity contribution in [3.8, 4) is 0 Å².